The SMILES string of the molecule is CCOC(=O)c1ccccc1NC(=O)C[NH+]1CCN(c2ccccc2C)CC1. The van der Waals surface area contributed by atoms with Crippen LogP contribution in [0, 0.1) is 6.92 Å². The minimum absolute atomic E-state index is 0.0870. The van der Waals surface area contributed by atoms with Crippen molar-refractivity contribution >= 4 is 23.3 Å². The van der Waals surface area contributed by atoms with Gasteiger partial charge in [0.15, 0.2) is 6.54 Å². The molecule has 2 aromatic carbocycles. The molecule has 3 rings (SSSR count). The van der Waals surface area contributed by atoms with Gasteiger partial charge >= 0.3 is 5.97 Å². The molecule has 1 amide bonds. The maximum Gasteiger partial charge on any atom is 0.340 e. The second-order valence-electron chi connectivity index (χ2n) is 7.01. The number of quaternary nitrogens is 1. The van der Waals surface area contributed by atoms with Gasteiger partial charge in [0, 0.05) is 5.69 Å². The van der Waals surface area contributed by atoms with E-state index in [1.165, 1.54) is 16.2 Å². The molecule has 6 nitrogen and oxygen atoms in total. The number of amides is 1. The average molecular weight is 382 g/mol. The Balaban J connectivity index is 1.54. The summed E-state index contributed by atoms with van der Waals surface area (Å²) >= 11 is 0. The van der Waals surface area contributed by atoms with Crippen molar-refractivity contribution < 1.29 is 19.2 Å². The normalized spacial score (nSPS) is 14.6. The molecule has 0 unspecified atom stereocenters. The van der Waals surface area contributed by atoms with E-state index in [4.69, 9.17) is 4.74 Å². The molecule has 1 aliphatic rings. The molecular weight excluding hydrogens is 354 g/mol. The Bertz CT molecular complexity index is 829. The summed E-state index contributed by atoms with van der Waals surface area (Å²) in [6.07, 6.45) is 0. The maximum atomic E-state index is 12.5. The van der Waals surface area contributed by atoms with E-state index in [1.807, 2.05) is 0 Å². The Morgan fingerprint density at radius 3 is 2.46 bits per heavy atom. The van der Waals surface area contributed by atoms with Crippen molar-refractivity contribution in [2.24, 2.45) is 0 Å². The highest BCUT2D eigenvalue weighted by Gasteiger charge is 2.23. The Morgan fingerprint density at radius 1 is 1.07 bits per heavy atom. The predicted molar refractivity (Wildman–Crippen MR) is 110 cm³/mol. The highest BCUT2D eigenvalue weighted by Crippen LogP contribution is 2.19. The van der Waals surface area contributed by atoms with Gasteiger partial charge in [0.25, 0.3) is 5.91 Å². The first-order valence-corrected chi connectivity index (χ1v) is 9.78. The highest BCUT2D eigenvalue weighted by atomic mass is 16.5. The summed E-state index contributed by atoms with van der Waals surface area (Å²) in [6.45, 7) is 8.24. The van der Waals surface area contributed by atoms with Crippen LogP contribution in [0.15, 0.2) is 48.5 Å². The molecule has 6 heteroatoms. The third-order valence-corrected chi connectivity index (χ3v) is 5.03. The summed E-state index contributed by atoms with van der Waals surface area (Å²) in [5, 5.41) is 2.87. The number of para-hydroxylation sites is 2. The molecule has 2 N–H and O–H groups in total. The quantitative estimate of drug-likeness (QED) is 0.744. The Kier molecular flexibility index (Phi) is 6.66. The lowest BCUT2D eigenvalue weighted by Crippen LogP contribution is -3.15. The van der Waals surface area contributed by atoms with Gasteiger partial charge in [0.2, 0.25) is 0 Å². The van der Waals surface area contributed by atoms with Crippen LogP contribution in [-0.4, -0.2) is 51.2 Å². The number of anilines is 2. The van der Waals surface area contributed by atoms with Crippen LogP contribution >= 0.6 is 0 Å². The first-order valence-electron chi connectivity index (χ1n) is 9.78. The predicted octanol–water partition coefficient (Wildman–Crippen LogP) is 1.52. The molecule has 148 valence electrons. The van der Waals surface area contributed by atoms with E-state index in [0.29, 0.717) is 24.4 Å². The van der Waals surface area contributed by atoms with Crippen molar-refractivity contribution in [2.75, 3.05) is 49.5 Å². The number of hydrogen-bond acceptors (Lipinski definition) is 4. The molecule has 0 spiro atoms. The van der Waals surface area contributed by atoms with Crippen LogP contribution in [0.1, 0.15) is 22.8 Å². The molecule has 0 saturated carbocycles. The van der Waals surface area contributed by atoms with Gasteiger partial charge < -0.3 is 19.9 Å². The standard InChI is InChI=1S/C22H27N3O3/c1-3-28-22(27)18-9-5-6-10-19(18)23-21(26)16-24-12-14-25(15-13-24)20-11-7-4-8-17(20)2/h4-11H,3,12-16H2,1-2H3,(H,23,26)/p+1. The number of nitrogens with one attached hydrogen (secondary N) is 2. The zero-order valence-electron chi connectivity index (χ0n) is 16.5. The van der Waals surface area contributed by atoms with Crippen molar-refractivity contribution in [1.82, 2.24) is 0 Å². The van der Waals surface area contributed by atoms with Gasteiger partial charge in [-0.25, -0.2) is 4.79 Å². The van der Waals surface area contributed by atoms with Crippen molar-refractivity contribution in [2.45, 2.75) is 13.8 Å². The molecule has 0 aromatic heterocycles. The van der Waals surface area contributed by atoms with E-state index in [0.717, 1.165) is 26.2 Å². The second kappa shape index (κ2) is 9.37. The molecule has 1 saturated heterocycles. The molecule has 1 fully saturated rings. The number of aryl methyl sites for hydroxylation is 1. The molecule has 28 heavy (non-hydrogen) atoms. The molecule has 0 atom stereocenters. The van der Waals surface area contributed by atoms with E-state index in [-0.39, 0.29) is 5.91 Å². The third kappa shape index (κ3) is 4.89. The second-order valence-corrected chi connectivity index (χ2v) is 7.01. The number of esters is 1. The molecule has 0 bridgehead atoms. The van der Waals surface area contributed by atoms with E-state index in [2.05, 4.69) is 41.4 Å². The van der Waals surface area contributed by atoms with E-state index in [9.17, 15) is 9.59 Å². The minimum Gasteiger partial charge on any atom is -0.462 e. The fourth-order valence-electron chi connectivity index (χ4n) is 3.56. The van der Waals surface area contributed by atoms with E-state index >= 15 is 0 Å². The summed E-state index contributed by atoms with van der Waals surface area (Å²) in [6, 6.07) is 15.4. The summed E-state index contributed by atoms with van der Waals surface area (Å²) in [4.78, 5) is 28.2. The largest absolute Gasteiger partial charge is 0.462 e. The molecule has 2 aromatic rings. The van der Waals surface area contributed by atoms with Crippen LogP contribution in [0.3, 0.4) is 0 Å². The monoisotopic (exact) mass is 382 g/mol. The zero-order valence-corrected chi connectivity index (χ0v) is 16.5. The topological polar surface area (TPSA) is 63.1 Å². The number of carbonyl (C=O) groups excluding carboxylic acids is 2. The van der Waals surface area contributed by atoms with Crippen molar-refractivity contribution in [3.63, 3.8) is 0 Å². The number of piperazine rings is 1. The highest BCUT2D eigenvalue weighted by molar-refractivity contribution is 6.01. The minimum atomic E-state index is -0.419. The summed E-state index contributed by atoms with van der Waals surface area (Å²) in [7, 11) is 0. The Morgan fingerprint density at radius 2 is 1.75 bits per heavy atom. The smallest absolute Gasteiger partial charge is 0.340 e. The van der Waals surface area contributed by atoms with Crippen LogP contribution in [0.4, 0.5) is 11.4 Å². The maximum absolute atomic E-state index is 12.5. The van der Waals surface area contributed by atoms with Gasteiger partial charge in [-0.1, -0.05) is 30.3 Å². The molecule has 1 heterocycles. The number of nitrogens with zero attached hydrogens (tertiary/aromatic N) is 1. The van der Waals surface area contributed by atoms with Crippen LogP contribution in [0.2, 0.25) is 0 Å². The van der Waals surface area contributed by atoms with Gasteiger partial charge in [0.05, 0.1) is 44.0 Å². The lowest BCUT2D eigenvalue weighted by Gasteiger charge is -2.34. The average Bonchev–Trinajstić information content (AvgIpc) is 2.69. The first-order chi connectivity index (χ1) is 13.6. The van der Waals surface area contributed by atoms with Gasteiger partial charge in [-0.2, -0.15) is 0 Å². The molecular formula is C22H28N3O3+. The van der Waals surface area contributed by atoms with Crippen LogP contribution in [0.5, 0.6) is 0 Å². The fraction of sp³-hybridized carbons (Fsp3) is 0.364. The van der Waals surface area contributed by atoms with Gasteiger partial charge in [-0.15, -0.1) is 0 Å². The van der Waals surface area contributed by atoms with E-state index < -0.39 is 5.97 Å². The molecule has 0 radical (unpaired) electrons. The van der Waals surface area contributed by atoms with Gasteiger partial charge in [-0.3, -0.25) is 4.79 Å². The van der Waals surface area contributed by atoms with Crippen LogP contribution in [-0.2, 0) is 9.53 Å². The summed E-state index contributed by atoms with van der Waals surface area (Å²) in [5.41, 5.74) is 3.44. The summed E-state index contributed by atoms with van der Waals surface area (Å²) in [5.74, 6) is -0.506. The number of benzene rings is 2. The van der Waals surface area contributed by atoms with Crippen molar-refractivity contribution in [3.05, 3.63) is 59.7 Å². The third-order valence-electron chi connectivity index (χ3n) is 5.03. The number of carbonyl (C=O) groups is 2. The number of hydrogen-bond donors (Lipinski definition) is 2. The van der Waals surface area contributed by atoms with E-state index in [1.54, 1.807) is 31.2 Å². The van der Waals surface area contributed by atoms with Crippen molar-refractivity contribution in [1.29, 1.82) is 0 Å². The van der Waals surface area contributed by atoms with Crippen LogP contribution in [0.25, 0.3) is 0 Å². The zero-order chi connectivity index (χ0) is 19.9. The van der Waals surface area contributed by atoms with Crippen molar-refractivity contribution in [3.8, 4) is 0 Å². The lowest BCUT2D eigenvalue weighted by molar-refractivity contribution is -0.892. The molecule has 1 aliphatic heterocycles. The number of ether oxygens (including phenoxy) is 1. The summed E-state index contributed by atoms with van der Waals surface area (Å²) < 4.78 is 5.06. The Hall–Kier alpha value is -2.86. The lowest BCUT2D eigenvalue weighted by atomic mass is 10.1. The number of rotatable bonds is 6. The first kappa shape index (κ1) is 19.9. The fourth-order valence-corrected chi connectivity index (χ4v) is 3.56. The molecule has 0 aliphatic carbocycles. The van der Waals surface area contributed by atoms with Gasteiger partial charge in [-0.05, 0) is 37.6 Å². The van der Waals surface area contributed by atoms with Gasteiger partial charge in [0.1, 0.15) is 0 Å². The van der Waals surface area contributed by atoms with Crippen LogP contribution < -0.4 is 15.1 Å². The Labute approximate surface area is 166 Å².